The maximum absolute atomic E-state index is 12.0. The van der Waals surface area contributed by atoms with Crippen LogP contribution in [0.25, 0.3) is 0 Å². The summed E-state index contributed by atoms with van der Waals surface area (Å²) in [7, 11) is 0. The predicted molar refractivity (Wildman–Crippen MR) is 101 cm³/mol. The number of carbonyl (C=O) groups is 1. The summed E-state index contributed by atoms with van der Waals surface area (Å²) in [6.45, 7) is 8.79. The molecule has 0 radical (unpaired) electrons. The first-order chi connectivity index (χ1) is 12.3. The van der Waals surface area contributed by atoms with E-state index >= 15 is 0 Å². The Kier molecular flexibility index (Phi) is 9.66. The van der Waals surface area contributed by atoms with Crippen LogP contribution in [0.5, 0.6) is 0 Å². The highest BCUT2D eigenvalue weighted by Crippen LogP contribution is 2.17. The molecule has 1 saturated heterocycles. The van der Waals surface area contributed by atoms with E-state index in [0.717, 1.165) is 64.7 Å². The molecule has 0 bridgehead atoms. The lowest BCUT2D eigenvalue weighted by molar-refractivity contribution is -0.121. The lowest BCUT2D eigenvalue weighted by Gasteiger charge is -2.25. The zero-order chi connectivity index (χ0) is 17.7. The van der Waals surface area contributed by atoms with Crippen LogP contribution in [0.3, 0.4) is 0 Å². The van der Waals surface area contributed by atoms with E-state index in [1.54, 1.807) is 0 Å². The molecule has 1 aliphatic heterocycles. The van der Waals surface area contributed by atoms with Gasteiger partial charge < -0.3 is 20.7 Å². The van der Waals surface area contributed by atoms with Crippen molar-refractivity contribution in [2.75, 3.05) is 52.5 Å². The Labute approximate surface area is 152 Å². The molecular formula is C18H35N5O2. The van der Waals surface area contributed by atoms with Crippen LogP contribution >= 0.6 is 0 Å². The van der Waals surface area contributed by atoms with Gasteiger partial charge in [0.05, 0.1) is 19.8 Å². The molecular weight excluding hydrogens is 318 g/mol. The first-order valence-electron chi connectivity index (χ1n) is 9.89. The predicted octanol–water partition coefficient (Wildman–Crippen LogP) is 0.713. The molecule has 0 unspecified atom stereocenters. The minimum Gasteiger partial charge on any atom is -0.379 e. The van der Waals surface area contributed by atoms with Crippen LogP contribution in [-0.4, -0.2) is 75.3 Å². The van der Waals surface area contributed by atoms with E-state index in [1.807, 2.05) is 0 Å². The van der Waals surface area contributed by atoms with Crippen LogP contribution in [-0.2, 0) is 9.53 Å². The molecule has 0 aromatic rings. The van der Waals surface area contributed by atoms with Crippen molar-refractivity contribution in [1.82, 2.24) is 20.9 Å². The minimum atomic E-state index is 0.142. The largest absolute Gasteiger partial charge is 0.379 e. The number of rotatable bonds is 8. The zero-order valence-corrected chi connectivity index (χ0v) is 15.7. The van der Waals surface area contributed by atoms with Crippen LogP contribution in [0, 0.1) is 0 Å². The molecule has 1 aliphatic carbocycles. The number of carbonyl (C=O) groups excluding carboxylic acids is 1. The highest BCUT2D eigenvalue weighted by molar-refractivity contribution is 5.81. The first-order valence-corrected chi connectivity index (χ1v) is 9.89. The number of morpholine rings is 1. The summed E-state index contributed by atoms with van der Waals surface area (Å²) in [6.07, 6.45) is 6.54. The van der Waals surface area contributed by atoms with Gasteiger partial charge in [-0.2, -0.15) is 0 Å². The summed E-state index contributed by atoms with van der Waals surface area (Å²) >= 11 is 0. The van der Waals surface area contributed by atoms with E-state index in [9.17, 15) is 4.79 Å². The summed E-state index contributed by atoms with van der Waals surface area (Å²) in [6, 6.07) is 0.386. The smallest absolute Gasteiger partial charge is 0.221 e. The molecule has 2 rings (SSSR count). The van der Waals surface area contributed by atoms with Gasteiger partial charge in [-0.15, -0.1) is 0 Å². The van der Waals surface area contributed by atoms with E-state index in [0.29, 0.717) is 19.0 Å². The quantitative estimate of drug-likeness (QED) is 0.443. The highest BCUT2D eigenvalue weighted by Gasteiger charge is 2.15. The van der Waals surface area contributed by atoms with Gasteiger partial charge in [0.25, 0.3) is 0 Å². The van der Waals surface area contributed by atoms with Crippen molar-refractivity contribution < 1.29 is 9.53 Å². The second-order valence-electron chi connectivity index (χ2n) is 6.79. The van der Waals surface area contributed by atoms with Crippen molar-refractivity contribution in [3.05, 3.63) is 0 Å². The van der Waals surface area contributed by atoms with Crippen LogP contribution in [0.1, 0.15) is 45.4 Å². The van der Waals surface area contributed by atoms with Gasteiger partial charge in [0.1, 0.15) is 0 Å². The van der Waals surface area contributed by atoms with Crippen molar-refractivity contribution in [1.29, 1.82) is 0 Å². The summed E-state index contributed by atoms with van der Waals surface area (Å²) in [5.41, 5.74) is 0. The number of hydrogen-bond donors (Lipinski definition) is 3. The number of ether oxygens (including phenoxy) is 1. The molecule has 0 aromatic carbocycles. The molecule has 0 atom stereocenters. The SMILES string of the molecule is CCNC(=NCCN1CCOCC1)NCCC(=O)NC1CCCCC1. The van der Waals surface area contributed by atoms with Crippen molar-refractivity contribution in [2.24, 2.45) is 4.99 Å². The number of nitrogens with one attached hydrogen (secondary N) is 3. The molecule has 144 valence electrons. The monoisotopic (exact) mass is 353 g/mol. The highest BCUT2D eigenvalue weighted by atomic mass is 16.5. The first kappa shape index (κ1) is 20.0. The van der Waals surface area contributed by atoms with Gasteiger partial charge >= 0.3 is 0 Å². The molecule has 25 heavy (non-hydrogen) atoms. The second kappa shape index (κ2) is 12.1. The van der Waals surface area contributed by atoms with Crippen molar-refractivity contribution >= 4 is 11.9 Å². The summed E-state index contributed by atoms with van der Waals surface area (Å²) in [5, 5.41) is 9.65. The molecule has 0 aromatic heterocycles. The molecule has 1 heterocycles. The Morgan fingerprint density at radius 3 is 2.64 bits per heavy atom. The average molecular weight is 354 g/mol. The number of hydrogen-bond acceptors (Lipinski definition) is 4. The topological polar surface area (TPSA) is 78.0 Å². The zero-order valence-electron chi connectivity index (χ0n) is 15.7. The van der Waals surface area contributed by atoms with E-state index in [-0.39, 0.29) is 5.91 Å². The van der Waals surface area contributed by atoms with Crippen molar-refractivity contribution in [3.63, 3.8) is 0 Å². The molecule has 2 aliphatic rings. The summed E-state index contributed by atoms with van der Waals surface area (Å²) in [5.74, 6) is 0.935. The fourth-order valence-corrected chi connectivity index (χ4v) is 3.31. The number of aliphatic imine (C=N–C) groups is 1. The van der Waals surface area contributed by atoms with E-state index in [1.165, 1.54) is 19.3 Å². The third-order valence-corrected chi connectivity index (χ3v) is 4.75. The molecule has 7 heteroatoms. The fourth-order valence-electron chi connectivity index (χ4n) is 3.31. The lowest BCUT2D eigenvalue weighted by Crippen LogP contribution is -2.42. The third-order valence-electron chi connectivity index (χ3n) is 4.75. The van der Waals surface area contributed by atoms with Gasteiger partial charge in [-0.3, -0.25) is 14.7 Å². The molecule has 2 fully saturated rings. The fraction of sp³-hybridized carbons (Fsp3) is 0.889. The Morgan fingerprint density at radius 2 is 1.92 bits per heavy atom. The number of amides is 1. The Morgan fingerprint density at radius 1 is 1.16 bits per heavy atom. The number of nitrogens with zero attached hydrogens (tertiary/aromatic N) is 2. The summed E-state index contributed by atoms with van der Waals surface area (Å²) in [4.78, 5) is 19.0. The molecule has 0 spiro atoms. The maximum Gasteiger partial charge on any atom is 0.221 e. The van der Waals surface area contributed by atoms with Crippen LogP contribution in [0.4, 0.5) is 0 Å². The van der Waals surface area contributed by atoms with Gasteiger partial charge in [0.2, 0.25) is 5.91 Å². The Hall–Kier alpha value is -1.34. The molecule has 3 N–H and O–H groups in total. The lowest BCUT2D eigenvalue weighted by atomic mass is 9.95. The molecule has 1 amide bonds. The molecule has 7 nitrogen and oxygen atoms in total. The number of guanidine groups is 1. The van der Waals surface area contributed by atoms with Crippen LogP contribution in [0.15, 0.2) is 4.99 Å². The van der Waals surface area contributed by atoms with Gasteiger partial charge in [0, 0.05) is 45.2 Å². The Bertz CT molecular complexity index is 404. The Balaban J connectivity index is 1.61. The minimum absolute atomic E-state index is 0.142. The summed E-state index contributed by atoms with van der Waals surface area (Å²) < 4.78 is 5.36. The van der Waals surface area contributed by atoms with Gasteiger partial charge in [-0.25, -0.2) is 0 Å². The average Bonchev–Trinajstić information content (AvgIpc) is 2.63. The van der Waals surface area contributed by atoms with Crippen molar-refractivity contribution in [3.8, 4) is 0 Å². The molecule has 1 saturated carbocycles. The van der Waals surface area contributed by atoms with Crippen LogP contribution in [0.2, 0.25) is 0 Å². The van der Waals surface area contributed by atoms with Gasteiger partial charge in [-0.1, -0.05) is 19.3 Å². The maximum atomic E-state index is 12.0. The second-order valence-corrected chi connectivity index (χ2v) is 6.79. The normalized spacial score (nSPS) is 20.3. The standard InChI is InChI=1S/C18H35N5O2/c1-2-19-18(21-10-11-23-12-14-25-15-13-23)20-9-8-17(24)22-16-6-4-3-5-7-16/h16H,2-15H2,1H3,(H,22,24)(H2,19,20,21). The van der Waals surface area contributed by atoms with E-state index in [4.69, 9.17) is 4.74 Å². The van der Waals surface area contributed by atoms with Crippen LogP contribution < -0.4 is 16.0 Å². The van der Waals surface area contributed by atoms with Crippen molar-refractivity contribution in [2.45, 2.75) is 51.5 Å². The van der Waals surface area contributed by atoms with Gasteiger partial charge in [-0.05, 0) is 19.8 Å². The van der Waals surface area contributed by atoms with Gasteiger partial charge in [0.15, 0.2) is 5.96 Å². The third kappa shape index (κ3) is 8.54. The van der Waals surface area contributed by atoms with E-state index < -0.39 is 0 Å². The van der Waals surface area contributed by atoms with E-state index in [2.05, 4.69) is 32.8 Å².